The first-order valence-corrected chi connectivity index (χ1v) is 7.09. The van der Waals surface area contributed by atoms with Crippen LogP contribution in [0, 0.1) is 0 Å². The molecule has 24 heavy (non-hydrogen) atoms. The number of carbonyl (C=O) groups is 4. The highest BCUT2D eigenvalue weighted by Gasteiger charge is 2.47. The Hall–Kier alpha value is -2.78. The van der Waals surface area contributed by atoms with Gasteiger partial charge in [-0.15, -0.1) is 0 Å². The fraction of sp³-hybridized carbons (Fsp3) is 0.333. The van der Waals surface area contributed by atoms with Crippen LogP contribution in [-0.2, 0) is 25.6 Å². The zero-order valence-electron chi connectivity index (χ0n) is 12.9. The molecule has 1 rings (SSSR count). The van der Waals surface area contributed by atoms with Gasteiger partial charge in [-0.1, -0.05) is 30.3 Å². The second-order valence-electron chi connectivity index (χ2n) is 5.25. The van der Waals surface area contributed by atoms with Crippen molar-refractivity contribution in [3.05, 3.63) is 35.9 Å². The molecule has 0 bridgehead atoms. The van der Waals surface area contributed by atoms with Crippen LogP contribution in [0.4, 0.5) is 0 Å². The van der Waals surface area contributed by atoms with Gasteiger partial charge in [-0.2, -0.15) is 0 Å². The number of hydrogen-bond donors (Lipinski definition) is 5. The van der Waals surface area contributed by atoms with Crippen molar-refractivity contribution in [1.82, 2.24) is 5.32 Å². The summed E-state index contributed by atoms with van der Waals surface area (Å²) in [4.78, 5) is 47.2. The summed E-state index contributed by atoms with van der Waals surface area (Å²) in [5.41, 5.74) is 14.6. The van der Waals surface area contributed by atoms with Gasteiger partial charge in [0.15, 0.2) is 11.3 Å². The van der Waals surface area contributed by atoms with Crippen LogP contribution in [0.5, 0.6) is 0 Å². The Labute approximate surface area is 138 Å². The third kappa shape index (κ3) is 4.61. The van der Waals surface area contributed by atoms with E-state index in [9.17, 15) is 19.2 Å². The Balaban J connectivity index is 3.30. The van der Waals surface area contributed by atoms with E-state index < -0.39 is 48.1 Å². The van der Waals surface area contributed by atoms with E-state index in [2.05, 4.69) is 5.32 Å². The molecule has 0 saturated heterocycles. The van der Waals surface area contributed by atoms with Crippen LogP contribution < -0.4 is 22.5 Å². The van der Waals surface area contributed by atoms with Crippen LogP contribution in [0.15, 0.2) is 30.3 Å². The van der Waals surface area contributed by atoms with Gasteiger partial charge in [0.1, 0.15) is 0 Å². The predicted molar refractivity (Wildman–Crippen MR) is 84.5 cm³/mol. The van der Waals surface area contributed by atoms with Crippen LogP contribution in [0.1, 0.15) is 12.0 Å². The minimum Gasteiger partial charge on any atom is -0.481 e. The lowest BCUT2D eigenvalue weighted by Gasteiger charge is -2.32. The maximum atomic E-state index is 12.7. The second kappa shape index (κ2) is 8.18. The lowest BCUT2D eigenvalue weighted by atomic mass is 9.81. The predicted octanol–water partition coefficient (Wildman–Crippen LogP) is -2.10. The topological polar surface area (TPSA) is 179 Å². The summed E-state index contributed by atoms with van der Waals surface area (Å²) in [6, 6.07) is 6.81. The average molecular weight is 336 g/mol. The molecule has 0 aromatic heterocycles. The Morgan fingerprint density at radius 1 is 1.17 bits per heavy atom. The first-order valence-electron chi connectivity index (χ1n) is 7.09. The standard InChI is InChI=1S/C15H20N4O5/c16-8-11(20)19-15(14(18)24,7-9-4-2-1-3-5-9)13(23)10(17)6-12(21)22/h1-5,10H,6-8,16-17H2,(H2,18,24)(H,19,20)(H,21,22)/t10-,15+/m0/s1. The molecular formula is C15H20N4O5. The van der Waals surface area contributed by atoms with E-state index in [0.717, 1.165) is 0 Å². The highest BCUT2D eigenvalue weighted by Crippen LogP contribution is 2.18. The SMILES string of the molecule is NCC(=O)N[C@@](Cc1ccccc1)(C(N)=O)C(=O)[C@@H](N)CC(=O)O. The van der Waals surface area contributed by atoms with Crippen molar-refractivity contribution < 1.29 is 24.3 Å². The molecule has 130 valence electrons. The molecule has 0 heterocycles. The summed E-state index contributed by atoms with van der Waals surface area (Å²) in [6.45, 7) is -0.481. The molecule has 0 saturated carbocycles. The molecule has 1 aromatic rings. The van der Waals surface area contributed by atoms with Crippen LogP contribution in [0.2, 0.25) is 0 Å². The Kier molecular flexibility index (Phi) is 6.57. The van der Waals surface area contributed by atoms with Gasteiger partial charge in [-0.3, -0.25) is 19.2 Å². The van der Waals surface area contributed by atoms with Gasteiger partial charge in [0.25, 0.3) is 5.91 Å². The van der Waals surface area contributed by atoms with Gasteiger partial charge in [-0.25, -0.2) is 0 Å². The minimum absolute atomic E-state index is 0.263. The number of carbonyl (C=O) groups excluding carboxylic acids is 3. The van der Waals surface area contributed by atoms with Crippen molar-refractivity contribution in [3.63, 3.8) is 0 Å². The number of rotatable bonds is 9. The van der Waals surface area contributed by atoms with E-state index in [1.807, 2.05) is 0 Å². The Bertz CT molecular complexity index is 634. The summed E-state index contributed by atoms with van der Waals surface area (Å²) in [5.74, 6) is -4.23. The average Bonchev–Trinajstić information content (AvgIpc) is 2.53. The lowest BCUT2D eigenvalue weighted by molar-refractivity contribution is -0.144. The number of benzene rings is 1. The number of nitrogens with two attached hydrogens (primary N) is 3. The zero-order valence-corrected chi connectivity index (χ0v) is 12.9. The number of hydrogen-bond acceptors (Lipinski definition) is 6. The number of nitrogens with one attached hydrogen (secondary N) is 1. The molecule has 2 amide bonds. The van der Waals surface area contributed by atoms with Crippen molar-refractivity contribution >= 4 is 23.6 Å². The molecule has 8 N–H and O–H groups in total. The van der Waals surface area contributed by atoms with Crippen LogP contribution in [0.3, 0.4) is 0 Å². The lowest BCUT2D eigenvalue weighted by Crippen LogP contribution is -2.68. The van der Waals surface area contributed by atoms with Crippen LogP contribution in [0.25, 0.3) is 0 Å². The van der Waals surface area contributed by atoms with E-state index in [0.29, 0.717) is 5.56 Å². The maximum absolute atomic E-state index is 12.7. The van der Waals surface area contributed by atoms with Crippen molar-refractivity contribution in [3.8, 4) is 0 Å². The summed E-state index contributed by atoms with van der Waals surface area (Å²) < 4.78 is 0. The summed E-state index contributed by atoms with van der Waals surface area (Å²) in [7, 11) is 0. The highest BCUT2D eigenvalue weighted by molar-refractivity contribution is 6.15. The molecule has 0 aliphatic heterocycles. The van der Waals surface area contributed by atoms with Gasteiger partial charge >= 0.3 is 5.97 Å². The summed E-state index contributed by atoms with van der Waals surface area (Å²) in [5, 5.41) is 11.0. The smallest absolute Gasteiger partial charge is 0.305 e. The van der Waals surface area contributed by atoms with E-state index in [1.165, 1.54) is 0 Å². The third-order valence-corrected chi connectivity index (χ3v) is 3.42. The molecule has 0 fully saturated rings. The van der Waals surface area contributed by atoms with Gasteiger partial charge in [0.05, 0.1) is 19.0 Å². The third-order valence-electron chi connectivity index (χ3n) is 3.42. The fourth-order valence-electron chi connectivity index (χ4n) is 2.25. The van der Waals surface area contributed by atoms with E-state index in [-0.39, 0.29) is 6.42 Å². The second-order valence-corrected chi connectivity index (χ2v) is 5.25. The number of Topliss-reactive ketones (excluding diaryl/α,β-unsaturated/α-hetero) is 1. The molecular weight excluding hydrogens is 316 g/mol. The highest BCUT2D eigenvalue weighted by atomic mass is 16.4. The van der Waals surface area contributed by atoms with Gasteiger partial charge < -0.3 is 27.6 Å². The van der Waals surface area contributed by atoms with E-state index in [4.69, 9.17) is 22.3 Å². The first kappa shape index (κ1) is 19.3. The number of ketones is 1. The Morgan fingerprint density at radius 2 is 1.75 bits per heavy atom. The van der Waals surface area contributed by atoms with E-state index in [1.54, 1.807) is 30.3 Å². The number of carboxylic acids is 1. The van der Waals surface area contributed by atoms with Crippen molar-refractivity contribution in [2.24, 2.45) is 17.2 Å². The number of primary amides is 1. The molecule has 1 aromatic carbocycles. The molecule has 0 spiro atoms. The zero-order chi connectivity index (χ0) is 18.3. The first-order chi connectivity index (χ1) is 11.2. The molecule has 0 radical (unpaired) electrons. The van der Waals surface area contributed by atoms with Crippen molar-refractivity contribution in [2.45, 2.75) is 24.4 Å². The molecule has 9 heteroatoms. The quantitative estimate of drug-likeness (QED) is 0.320. The van der Waals surface area contributed by atoms with Crippen molar-refractivity contribution in [1.29, 1.82) is 0 Å². The van der Waals surface area contributed by atoms with E-state index >= 15 is 0 Å². The van der Waals surface area contributed by atoms with Crippen LogP contribution >= 0.6 is 0 Å². The molecule has 0 aliphatic carbocycles. The monoisotopic (exact) mass is 336 g/mol. The fourth-order valence-corrected chi connectivity index (χ4v) is 2.25. The molecule has 0 aliphatic rings. The number of amides is 2. The number of aliphatic carboxylic acids is 1. The largest absolute Gasteiger partial charge is 0.481 e. The molecule has 9 nitrogen and oxygen atoms in total. The Morgan fingerprint density at radius 3 is 2.21 bits per heavy atom. The summed E-state index contributed by atoms with van der Waals surface area (Å²) in [6.07, 6.45) is -0.970. The van der Waals surface area contributed by atoms with Crippen LogP contribution in [-0.4, -0.2) is 46.8 Å². The number of carboxylic acid groups (broad SMARTS) is 1. The molecule has 2 atom stereocenters. The van der Waals surface area contributed by atoms with Gasteiger partial charge in [0, 0.05) is 6.42 Å². The summed E-state index contributed by atoms with van der Waals surface area (Å²) >= 11 is 0. The molecule has 0 unspecified atom stereocenters. The minimum atomic E-state index is -2.17. The van der Waals surface area contributed by atoms with Crippen molar-refractivity contribution in [2.75, 3.05) is 6.54 Å². The van der Waals surface area contributed by atoms with Gasteiger partial charge in [0.2, 0.25) is 5.91 Å². The normalized spacial score (nSPS) is 14.2. The van der Waals surface area contributed by atoms with Gasteiger partial charge in [-0.05, 0) is 5.56 Å². The maximum Gasteiger partial charge on any atom is 0.305 e.